The van der Waals surface area contributed by atoms with Gasteiger partial charge < -0.3 is 4.74 Å². The number of carbonyl (C=O) groups excluding carboxylic acids is 1. The molecule has 2 unspecified atom stereocenters. The number of thioether (sulfide) groups is 1. The molecule has 2 nitrogen and oxygen atoms in total. The second-order valence-corrected chi connectivity index (χ2v) is 7.29. The van der Waals surface area contributed by atoms with E-state index in [9.17, 15) is 4.79 Å². The van der Waals surface area contributed by atoms with Crippen LogP contribution in [0.15, 0.2) is 24.3 Å². The van der Waals surface area contributed by atoms with Crippen LogP contribution in [-0.2, 0) is 9.53 Å². The van der Waals surface area contributed by atoms with Crippen LogP contribution < -0.4 is 0 Å². The highest BCUT2D eigenvalue weighted by molar-refractivity contribution is 8.14. The normalized spacial score (nSPS) is 28.9. The maximum atomic E-state index is 12.1. The Labute approximate surface area is 121 Å². The van der Waals surface area contributed by atoms with Crippen molar-refractivity contribution in [2.75, 3.05) is 0 Å². The molecule has 1 aliphatic heterocycles. The van der Waals surface area contributed by atoms with Crippen molar-refractivity contribution in [2.24, 2.45) is 5.41 Å². The van der Waals surface area contributed by atoms with E-state index < -0.39 is 5.60 Å². The largest absolute Gasteiger partial charge is 0.348 e. The minimum Gasteiger partial charge on any atom is -0.348 e. The van der Waals surface area contributed by atoms with E-state index in [-0.39, 0.29) is 16.0 Å². The second-order valence-electron chi connectivity index (χ2n) is 6.26. The van der Waals surface area contributed by atoms with E-state index in [1.165, 1.54) is 24.6 Å². The SMILES string of the molecule is CCCCC=CC=CC1(C)OC(C(C)(C)C)SC1=O. The summed E-state index contributed by atoms with van der Waals surface area (Å²) in [5.41, 5.74) is -0.876. The Balaban J connectivity index is 2.59. The highest BCUT2D eigenvalue weighted by atomic mass is 32.2. The molecule has 0 amide bonds. The van der Waals surface area contributed by atoms with Gasteiger partial charge in [-0.25, -0.2) is 0 Å². The average Bonchev–Trinajstić information content (AvgIpc) is 2.61. The van der Waals surface area contributed by atoms with Gasteiger partial charge in [-0.15, -0.1) is 0 Å². The molecule has 108 valence electrons. The zero-order valence-corrected chi connectivity index (χ0v) is 13.5. The molecule has 1 saturated heterocycles. The van der Waals surface area contributed by atoms with Crippen LogP contribution in [0.25, 0.3) is 0 Å². The Hall–Kier alpha value is -0.540. The first-order chi connectivity index (χ1) is 8.79. The van der Waals surface area contributed by atoms with E-state index in [0.29, 0.717) is 0 Å². The van der Waals surface area contributed by atoms with Crippen LogP contribution in [0.2, 0.25) is 0 Å². The van der Waals surface area contributed by atoms with Crippen molar-refractivity contribution < 1.29 is 9.53 Å². The van der Waals surface area contributed by atoms with E-state index in [1.807, 2.05) is 25.2 Å². The Morgan fingerprint density at radius 2 is 2.05 bits per heavy atom. The summed E-state index contributed by atoms with van der Waals surface area (Å²) in [6, 6.07) is 0. The lowest BCUT2D eigenvalue weighted by atomic mass is 9.97. The predicted octanol–water partition coefficient (Wildman–Crippen LogP) is 4.71. The zero-order chi connectivity index (χ0) is 14.5. The molecule has 1 heterocycles. The van der Waals surface area contributed by atoms with E-state index in [4.69, 9.17) is 4.74 Å². The standard InChI is InChI=1S/C16H26O2S/c1-6-7-8-9-10-11-12-16(5)13(17)19-14(18-16)15(2,3)4/h9-12,14H,6-8H2,1-5H3. The molecule has 0 aromatic heterocycles. The van der Waals surface area contributed by atoms with E-state index >= 15 is 0 Å². The molecule has 19 heavy (non-hydrogen) atoms. The summed E-state index contributed by atoms with van der Waals surface area (Å²) in [7, 11) is 0. The van der Waals surface area contributed by atoms with Crippen LogP contribution in [0, 0.1) is 5.41 Å². The van der Waals surface area contributed by atoms with Gasteiger partial charge >= 0.3 is 0 Å². The molecule has 0 aromatic rings. The van der Waals surface area contributed by atoms with Crippen molar-refractivity contribution in [2.45, 2.75) is 64.9 Å². The lowest BCUT2D eigenvalue weighted by Crippen LogP contribution is -2.32. The Kier molecular flexibility index (Phi) is 5.87. The molecule has 0 radical (unpaired) electrons. The van der Waals surface area contributed by atoms with Gasteiger partial charge in [0.2, 0.25) is 5.12 Å². The number of hydrogen-bond donors (Lipinski definition) is 0. The minimum absolute atomic E-state index is 0.0249. The molecule has 3 heteroatoms. The molecule has 2 atom stereocenters. The van der Waals surface area contributed by atoms with Crippen molar-refractivity contribution in [3.63, 3.8) is 0 Å². The summed E-state index contributed by atoms with van der Waals surface area (Å²) >= 11 is 1.31. The van der Waals surface area contributed by atoms with Gasteiger partial charge in [-0.05, 0) is 24.8 Å². The van der Waals surface area contributed by atoms with Crippen LogP contribution >= 0.6 is 11.8 Å². The van der Waals surface area contributed by atoms with E-state index in [2.05, 4.69) is 33.8 Å². The second kappa shape index (κ2) is 6.76. The van der Waals surface area contributed by atoms with Gasteiger partial charge in [0.05, 0.1) is 0 Å². The molecule has 0 aliphatic carbocycles. The van der Waals surface area contributed by atoms with Gasteiger partial charge in [0.25, 0.3) is 0 Å². The van der Waals surface area contributed by atoms with Crippen molar-refractivity contribution in [1.82, 2.24) is 0 Å². The molecular formula is C16H26O2S. The first-order valence-corrected chi connectivity index (χ1v) is 7.91. The van der Waals surface area contributed by atoms with Crippen molar-refractivity contribution in [3.8, 4) is 0 Å². The molecule has 0 aromatic carbocycles. The average molecular weight is 282 g/mol. The monoisotopic (exact) mass is 282 g/mol. The summed E-state index contributed by atoms with van der Waals surface area (Å²) in [6.07, 6.45) is 11.4. The van der Waals surface area contributed by atoms with E-state index in [1.54, 1.807) is 0 Å². The van der Waals surface area contributed by atoms with Crippen molar-refractivity contribution in [1.29, 1.82) is 0 Å². The van der Waals surface area contributed by atoms with Gasteiger partial charge in [0.1, 0.15) is 5.44 Å². The number of allylic oxidation sites excluding steroid dienone is 3. The summed E-state index contributed by atoms with van der Waals surface area (Å²) in [5.74, 6) is 0. The Morgan fingerprint density at radius 1 is 1.37 bits per heavy atom. The first-order valence-electron chi connectivity index (χ1n) is 7.03. The number of rotatable bonds is 5. The van der Waals surface area contributed by atoms with Crippen molar-refractivity contribution >= 4 is 16.9 Å². The van der Waals surface area contributed by atoms with Gasteiger partial charge in [0, 0.05) is 0 Å². The predicted molar refractivity (Wildman–Crippen MR) is 83.1 cm³/mol. The van der Waals surface area contributed by atoms with Gasteiger partial charge in [-0.2, -0.15) is 0 Å². The van der Waals surface area contributed by atoms with Gasteiger partial charge in [-0.3, -0.25) is 4.79 Å². The van der Waals surface area contributed by atoms with Crippen LogP contribution in [0.3, 0.4) is 0 Å². The van der Waals surface area contributed by atoms with Gasteiger partial charge in [0.15, 0.2) is 5.60 Å². The van der Waals surface area contributed by atoms with Crippen LogP contribution in [-0.4, -0.2) is 16.2 Å². The molecule has 0 spiro atoms. The zero-order valence-electron chi connectivity index (χ0n) is 12.7. The number of ether oxygens (including phenoxy) is 1. The summed E-state index contributed by atoms with van der Waals surface area (Å²) in [6.45, 7) is 10.3. The number of carbonyl (C=O) groups is 1. The van der Waals surface area contributed by atoms with Crippen LogP contribution in [0.5, 0.6) is 0 Å². The fourth-order valence-electron chi connectivity index (χ4n) is 1.71. The highest BCUT2D eigenvalue weighted by Gasteiger charge is 2.47. The third kappa shape index (κ3) is 4.81. The Bertz CT molecular complexity index is 365. The fraction of sp³-hybridized carbons (Fsp3) is 0.688. The molecule has 0 saturated carbocycles. The van der Waals surface area contributed by atoms with Crippen LogP contribution in [0.4, 0.5) is 0 Å². The minimum atomic E-state index is -0.780. The summed E-state index contributed by atoms with van der Waals surface area (Å²) in [4.78, 5) is 12.1. The summed E-state index contributed by atoms with van der Waals surface area (Å²) in [5, 5.41) is 0.102. The topological polar surface area (TPSA) is 26.3 Å². The smallest absolute Gasteiger partial charge is 0.227 e. The molecule has 1 aliphatic rings. The maximum Gasteiger partial charge on any atom is 0.227 e. The number of unbranched alkanes of at least 4 members (excludes halogenated alkanes) is 2. The molecule has 0 N–H and O–H groups in total. The lowest BCUT2D eigenvalue weighted by Gasteiger charge is -2.27. The third-order valence-corrected chi connectivity index (χ3v) is 4.70. The summed E-state index contributed by atoms with van der Waals surface area (Å²) < 4.78 is 5.95. The maximum absolute atomic E-state index is 12.1. The van der Waals surface area contributed by atoms with E-state index in [0.717, 1.165) is 6.42 Å². The quantitative estimate of drug-likeness (QED) is 0.539. The lowest BCUT2D eigenvalue weighted by molar-refractivity contribution is -0.127. The molecule has 1 fully saturated rings. The van der Waals surface area contributed by atoms with Crippen molar-refractivity contribution in [3.05, 3.63) is 24.3 Å². The first kappa shape index (κ1) is 16.5. The highest BCUT2D eigenvalue weighted by Crippen LogP contribution is 2.44. The molecule has 1 rings (SSSR count). The Morgan fingerprint density at radius 3 is 2.58 bits per heavy atom. The fourth-order valence-corrected chi connectivity index (χ4v) is 2.85. The van der Waals surface area contributed by atoms with Crippen LogP contribution in [0.1, 0.15) is 53.9 Å². The van der Waals surface area contributed by atoms with Gasteiger partial charge in [-0.1, -0.05) is 70.5 Å². The molecular weight excluding hydrogens is 256 g/mol. The molecule has 0 bridgehead atoms. The third-order valence-electron chi connectivity index (χ3n) is 3.06. The number of hydrogen-bond acceptors (Lipinski definition) is 3.